The Hall–Kier alpha value is -2.87. The third kappa shape index (κ3) is 4.44. The molecule has 1 aromatic heterocycles. The number of anilines is 2. The van der Waals surface area contributed by atoms with Crippen molar-refractivity contribution in [2.75, 3.05) is 10.0 Å². The van der Waals surface area contributed by atoms with Gasteiger partial charge in [-0.3, -0.25) is 0 Å². The highest BCUT2D eigenvalue weighted by Crippen LogP contribution is 2.50. The number of hydrogen-bond acceptors (Lipinski definition) is 6. The zero-order valence-electron chi connectivity index (χ0n) is 19.0. The predicted octanol–water partition coefficient (Wildman–Crippen LogP) is 7.03. The van der Waals surface area contributed by atoms with Gasteiger partial charge in [0.05, 0.1) is 16.2 Å². The third-order valence-corrected chi connectivity index (χ3v) is 8.60. The van der Waals surface area contributed by atoms with Crippen LogP contribution in [0.4, 0.5) is 16.0 Å². The van der Waals surface area contributed by atoms with Crippen LogP contribution in [-0.2, 0) is 0 Å². The van der Waals surface area contributed by atoms with Crippen LogP contribution in [0.5, 0.6) is 0 Å². The first kappa shape index (κ1) is 22.6. The van der Waals surface area contributed by atoms with Gasteiger partial charge in [0.1, 0.15) is 5.82 Å². The number of fused-ring (bicyclic) bond motifs is 3. The van der Waals surface area contributed by atoms with E-state index in [2.05, 4.69) is 15.0 Å². The van der Waals surface area contributed by atoms with Gasteiger partial charge in [-0.25, -0.2) is 14.4 Å². The Balaban J connectivity index is 1.19. The topological polar surface area (TPSA) is 75.9 Å². The standard InChI is InChI=1S/C27H25ClFN5S/c28-20-3-1-2-4-24(20)35-34-23-8-6-18(14-21(23)29)17-5-7-22-19(13-17)15-31-25(32-22)33-27-11-9-26(30,16-27)10-12-27/h1-8,13-15,34H,9-12,16,30H2,(H,31,32,33). The van der Waals surface area contributed by atoms with Crippen LogP contribution in [0.2, 0.25) is 5.02 Å². The lowest BCUT2D eigenvalue weighted by Gasteiger charge is -2.27. The zero-order chi connectivity index (χ0) is 24.0. The maximum absolute atomic E-state index is 14.8. The average molecular weight is 506 g/mol. The van der Waals surface area contributed by atoms with Crippen molar-refractivity contribution in [1.29, 1.82) is 0 Å². The normalized spacial score (nSPS) is 23.1. The molecule has 2 saturated carbocycles. The Morgan fingerprint density at radius 3 is 2.49 bits per heavy atom. The summed E-state index contributed by atoms with van der Waals surface area (Å²) in [6.07, 6.45) is 7.06. The Morgan fingerprint density at radius 1 is 0.971 bits per heavy atom. The maximum Gasteiger partial charge on any atom is 0.223 e. The lowest BCUT2D eigenvalue weighted by Crippen LogP contribution is -2.34. The average Bonchev–Trinajstić information content (AvgIpc) is 3.37. The molecule has 0 amide bonds. The highest BCUT2D eigenvalue weighted by Gasteiger charge is 2.52. The summed E-state index contributed by atoms with van der Waals surface area (Å²) < 4.78 is 17.9. The Morgan fingerprint density at radius 2 is 1.74 bits per heavy atom. The molecule has 3 aromatic carbocycles. The molecule has 0 unspecified atom stereocenters. The first-order valence-corrected chi connectivity index (χ1v) is 12.9. The summed E-state index contributed by atoms with van der Waals surface area (Å²) in [4.78, 5) is 10.1. The number of nitrogens with two attached hydrogens (primary N) is 1. The van der Waals surface area contributed by atoms with E-state index in [4.69, 9.17) is 22.3 Å². The van der Waals surface area contributed by atoms with Gasteiger partial charge < -0.3 is 15.8 Å². The highest BCUT2D eigenvalue weighted by atomic mass is 35.5. The van der Waals surface area contributed by atoms with Gasteiger partial charge in [0.2, 0.25) is 5.95 Å². The summed E-state index contributed by atoms with van der Waals surface area (Å²) in [7, 11) is 0. The van der Waals surface area contributed by atoms with Gasteiger partial charge in [0, 0.05) is 27.6 Å². The van der Waals surface area contributed by atoms with Crippen LogP contribution in [0, 0.1) is 5.82 Å². The Kier molecular flexibility index (Phi) is 5.59. The SMILES string of the molecule is NC12CCC(Nc3ncc4cc(-c5ccc(NSc6ccccc6Cl)c(F)c5)ccc4n3)(CC1)C2. The van der Waals surface area contributed by atoms with Gasteiger partial charge in [-0.1, -0.05) is 35.9 Å². The molecule has 5 nitrogen and oxygen atoms in total. The fourth-order valence-corrected chi connectivity index (χ4v) is 6.30. The second-order valence-corrected chi connectivity index (χ2v) is 11.0. The summed E-state index contributed by atoms with van der Waals surface area (Å²) in [6, 6.07) is 18.5. The molecular weight excluding hydrogens is 481 g/mol. The van der Waals surface area contributed by atoms with Crippen molar-refractivity contribution < 1.29 is 4.39 Å². The van der Waals surface area contributed by atoms with E-state index in [1.165, 1.54) is 18.0 Å². The molecule has 35 heavy (non-hydrogen) atoms. The molecule has 0 saturated heterocycles. The smallest absolute Gasteiger partial charge is 0.223 e. The molecule has 178 valence electrons. The minimum atomic E-state index is -0.332. The van der Waals surface area contributed by atoms with E-state index in [-0.39, 0.29) is 16.9 Å². The largest absolute Gasteiger partial charge is 0.349 e. The number of aromatic nitrogens is 2. The van der Waals surface area contributed by atoms with Crippen LogP contribution in [0.1, 0.15) is 32.1 Å². The van der Waals surface area contributed by atoms with Crippen molar-refractivity contribution in [1.82, 2.24) is 9.97 Å². The number of nitrogens with one attached hydrogen (secondary N) is 2. The molecule has 1 heterocycles. The molecule has 2 aliphatic rings. The molecule has 4 N–H and O–H groups in total. The fourth-order valence-electron chi connectivity index (χ4n) is 5.35. The van der Waals surface area contributed by atoms with E-state index >= 15 is 0 Å². The molecule has 0 aliphatic heterocycles. The monoisotopic (exact) mass is 505 g/mol. The summed E-state index contributed by atoms with van der Waals surface area (Å²) in [5, 5.41) is 5.11. The van der Waals surface area contributed by atoms with Gasteiger partial charge >= 0.3 is 0 Å². The summed E-state index contributed by atoms with van der Waals surface area (Å²) in [5.74, 6) is 0.315. The van der Waals surface area contributed by atoms with Crippen LogP contribution in [0.3, 0.4) is 0 Å². The Labute approximate surface area is 212 Å². The number of nitrogens with zero attached hydrogens (tertiary/aromatic N) is 2. The molecule has 2 aliphatic carbocycles. The minimum Gasteiger partial charge on any atom is -0.349 e. The molecular formula is C27H25ClFN5S. The van der Waals surface area contributed by atoms with Crippen molar-refractivity contribution >= 4 is 46.1 Å². The van der Waals surface area contributed by atoms with E-state index in [0.717, 1.165) is 59.0 Å². The van der Waals surface area contributed by atoms with Crippen LogP contribution in [-0.4, -0.2) is 21.0 Å². The summed E-state index contributed by atoms with van der Waals surface area (Å²) in [5.41, 5.74) is 9.41. The van der Waals surface area contributed by atoms with Crippen molar-refractivity contribution in [3.05, 3.63) is 77.7 Å². The van der Waals surface area contributed by atoms with Crippen molar-refractivity contribution in [3.63, 3.8) is 0 Å². The first-order chi connectivity index (χ1) is 16.9. The lowest BCUT2D eigenvalue weighted by atomic mass is 9.92. The van der Waals surface area contributed by atoms with E-state index in [9.17, 15) is 4.39 Å². The second-order valence-electron chi connectivity index (χ2n) is 9.74. The fraction of sp³-hybridized carbons (Fsp3) is 0.259. The molecule has 6 rings (SSSR count). The van der Waals surface area contributed by atoms with E-state index in [1.54, 1.807) is 12.1 Å². The van der Waals surface area contributed by atoms with Crippen LogP contribution in [0.25, 0.3) is 22.0 Å². The van der Waals surface area contributed by atoms with Gasteiger partial charge in [0.15, 0.2) is 0 Å². The highest BCUT2D eigenvalue weighted by molar-refractivity contribution is 8.00. The van der Waals surface area contributed by atoms with Gasteiger partial charge in [-0.15, -0.1) is 0 Å². The van der Waals surface area contributed by atoms with Crippen LogP contribution >= 0.6 is 23.5 Å². The molecule has 4 aromatic rings. The van der Waals surface area contributed by atoms with Gasteiger partial charge in [-0.2, -0.15) is 0 Å². The predicted molar refractivity (Wildman–Crippen MR) is 142 cm³/mol. The van der Waals surface area contributed by atoms with Crippen LogP contribution in [0.15, 0.2) is 71.8 Å². The number of halogens is 2. The van der Waals surface area contributed by atoms with E-state index in [1.807, 2.05) is 48.7 Å². The number of rotatable bonds is 6. The van der Waals surface area contributed by atoms with Crippen molar-refractivity contribution in [3.8, 4) is 11.1 Å². The summed E-state index contributed by atoms with van der Waals surface area (Å²) in [6.45, 7) is 0. The molecule has 8 heteroatoms. The third-order valence-electron chi connectivity index (χ3n) is 7.26. The minimum absolute atomic E-state index is 0.0215. The number of hydrogen-bond donors (Lipinski definition) is 3. The molecule has 2 fully saturated rings. The van der Waals surface area contributed by atoms with E-state index in [0.29, 0.717) is 16.7 Å². The summed E-state index contributed by atoms with van der Waals surface area (Å²) >= 11 is 7.47. The molecule has 0 spiro atoms. The lowest BCUT2D eigenvalue weighted by molar-refractivity contribution is 0.407. The quantitative estimate of drug-likeness (QED) is 0.244. The molecule has 0 radical (unpaired) electrons. The van der Waals surface area contributed by atoms with Crippen LogP contribution < -0.4 is 15.8 Å². The molecule has 0 atom stereocenters. The maximum atomic E-state index is 14.8. The number of benzene rings is 3. The van der Waals surface area contributed by atoms with Gasteiger partial charge in [-0.05, 0) is 91.6 Å². The first-order valence-electron chi connectivity index (χ1n) is 11.7. The molecule has 2 bridgehead atoms. The van der Waals surface area contributed by atoms with Crippen molar-refractivity contribution in [2.24, 2.45) is 5.73 Å². The Bertz CT molecular complexity index is 1420. The zero-order valence-corrected chi connectivity index (χ0v) is 20.6. The second kappa shape index (κ2) is 8.66. The van der Waals surface area contributed by atoms with Gasteiger partial charge in [0.25, 0.3) is 0 Å². The van der Waals surface area contributed by atoms with E-state index < -0.39 is 0 Å². The van der Waals surface area contributed by atoms with Crippen molar-refractivity contribution in [2.45, 2.75) is 48.1 Å².